The van der Waals surface area contributed by atoms with E-state index in [0.717, 1.165) is 55.1 Å². The van der Waals surface area contributed by atoms with E-state index in [9.17, 15) is 9.59 Å². The number of carbonyl (C=O) groups excluding carboxylic acids is 2. The van der Waals surface area contributed by atoms with Gasteiger partial charge in [-0.1, -0.05) is 69.6 Å². The van der Waals surface area contributed by atoms with Gasteiger partial charge in [0.25, 0.3) is 5.91 Å². The smallest absolute Gasteiger partial charge is 0.271 e. The molecule has 2 aliphatic carbocycles. The van der Waals surface area contributed by atoms with Crippen LogP contribution in [0.25, 0.3) is 10.9 Å². The Hall–Kier alpha value is -2.30. The topological polar surface area (TPSA) is 54.3 Å². The van der Waals surface area contributed by atoms with E-state index in [0.29, 0.717) is 6.54 Å². The standard InChI is InChI=1S/C27H37N3O2/c1-27(26(32)28-21-13-6-2-3-7-14-21)19-29-23-17-11-10-12-20(23)18-24(29)25(31)30(27)22-15-8-4-5-9-16-22/h10-12,17-18,21-22H,2-9,13-16,19H2,1H3,(H,28,32)/t27-/m0/s1. The zero-order chi connectivity index (χ0) is 22.1. The van der Waals surface area contributed by atoms with Crippen molar-refractivity contribution in [3.05, 3.63) is 36.0 Å². The Balaban J connectivity index is 1.53. The highest BCUT2D eigenvalue weighted by Crippen LogP contribution is 2.37. The summed E-state index contributed by atoms with van der Waals surface area (Å²) < 4.78 is 2.09. The van der Waals surface area contributed by atoms with Gasteiger partial charge in [-0.05, 0) is 44.7 Å². The highest BCUT2D eigenvalue weighted by Gasteiger charge is 2.50. The molecule has 0 spiro atoms. The first-order valence-electron chi connectivity index (χ1n) is 12.8. The quantitative estimate of drug-likeness (QED) is 0.655. The maximum atomic E-state index is 14.0. The molecule has 2 amide bonds. The van der Waals surface area contributed by atoms with Gasteiger partial charge in [0.05, 0.1) is 6.54 Å². The lowest BCUT2D eigenvalue weighted by molar-refractivity contribution is -0.135. The third-order valence-electron chi connectivity index (χ3n) is 8.12. The third-order valence-corrected chi connectivity index (χ3v) is 8.12. The second-order valence-corrected chi connectivity index (χ2v) is 10.4. The van der Waals surface area contributed by atoms with Crippen molar-refractivity contribution in [2.75, 3.05) is 0 Å². The van der Waals surface area contributed by atoms with Crippen LogP contribution in [0.2, 0.25) is 0 Å². The zero-order valence-corrected chi connectivity index (χ0v) is 19.4. The fourth-order valence-electron chi connectivity index (χ4n) is 6.32. The van der Waals surface area contributed by atoms with Crippen LogP contribution in [0.5, 0.6) is 0 Å². The number of nitrogens with zero attached hydrogens (tertiary/aromatic N) is 2. The molecular weight excluding hydrogens is 398 g/mol. The molecule has 32 heavy (non-hydrogen) atoms. The fraction of sp³-hybridized carbons (Fsp3) is 0.630. The predicted octanol–water partition coefficient (Wildman–Crippen LogP) is 5.42. The highest BCUT2D eigenvalue weighted by atomic mass is 16.2. The minimum absolute atomic E-state index is 0.0258. The Bertz CT molecular complexity index is 980. The van der Waals surface area contributed by atoms with E-state index in [-0.39, 0.29) is 23.9 Å². The summed E-state index contributed by atoms with van der Waals surface area (Å²) in [6.45, 7) is 2.54. The van der Waals surface area contributed by atoms with Crippen molar-refractivity contribution in [3.8, 4) is 0 Å². The largest absolute Gasteiger partial charge is 0.351 e. The third kappa shape index (κ3) is 3.84. The van der Waals surface area contributed by atoms with Gasteiger partial charge < -0.3 is 14.8 Å². The van der Waals surface area contributed by atoms with Crippen molar-refractivity contribution in [1.82, 2.24) is 14.8 Å². The molecule has 3 aliphatic rings. The molecule has 0 radical (unpaired) electrons. The summed E-state index contributed by atoms with van der Waals surface area (Å²) in [5.74, 6) is 0.0586. The van der Waals surface area contributed by atoms with E-state index in [1.54, 1.807) is 0 Å². The van der Waals surface area contributed by atoms with Crippen LogP contribution in [0.1, 0.15) is 94.5 Å². The average molecular weight is 436 g/mol. The number of benzene rings is 1. The van der Waals surface area contributed by atoms with Crippen LogP contribution < -0.4 is 5.32 Å². The van der Waals surface area contributed by atoms with Crippen molar-refractivity contribution in [1.29, 1.82) is 0 Å². The van der Waals surface area contributed by atoms with Gasteiger partial charge in [0, 0.05) is 23.0 Å². The van der Waals surface area contributed by atoms with E-state index in [1.807, 2.05) is 30.0 Å². The average Bonchev–Trinajstić information content (AvgIpc) is 2.99. The van der Waals surface area contributed by atoms with E-state index in [4.69, 9.17) is 0 Å². The van der Waals surface area contributed by atoms with Gasteiger partial charge in [-0.2, -0.15) is 0 Å². The van der Waals surface area contributed by atoms with E-state index >= 15 is 0 Å². The minimum atomic E-state index is -0.868. The lowest BCUT2D eigenvalue weighted by Gasteiger charge is -2.48. The molecule has 2 saturated carbocycles. The Morgan fingerprint density at radius 1 is 0.938 bits per heavy atom. The van der Waals surface area contributed by atoms with Crippen molar-refractivity contribution >= 4 is 22.7 Å². The first-order valence-corrected chi connectivity index (χ1v) is 12.8. The molecule has 5 rings (SSSR count). The molecule has 2 fully saturated rings. The molecule has 5 heteroatoms. The minimum Gasteiger partial charge on any atom is -0.351 e. The van der Waals surface area contributed by atoms with Crippen molar-refractivity contribution < 1.29 is 9.59 Å². The van der Waals surface area contributed by atoms with Crippen LogP contribution in [-0.4, -0.2) is 38.9 Å². The number of rotatable bonds is 3. The van der Waals surface area contributed by atoms with Gasteiger partial charge in [0.15, 0.2) is 0 Å². The molecule has 0 unspecified atom stereocenters. The first-order chi connectivity index (χ1) is 15.6. The molecule has 1 atom stereocenters. The Kier molecular flexibility index (Phi) is 6.00. The van der Waals surface area contributed by atoms with Crippen LogP contribution >= 0.6 is 0 Å². The fourth-order valence-corrected chi connectivity index (χ4v) is 6.32. The number of hydrogen-bond donors (Lipinski definition) is 1. The summed E-state index contributed by atoms with van der Waals surface area (Å²) in [4.78, 5) is 29.9. The molecule has 5 nitrogen and oxygen atoms in total. The van der Waals surface area contributed by atoms with Crippen molar-refractivity contribution in [2.45, 2.75) is 108 Å². The molecule has 0 bridgehead atoms. The van der Waals surface area contributed by atoms with Gasteiger partial charge in [0.2, 0.25) is 5.91 Å². The van der Waals surface area contributed by atoms with Gasteiger partial charge in [-0.25, -0.2) is 0 Å². The number of aromatic nitrogens is 1. The molecule has 2 aromatic rings. The van der Waals surface area contributed by atoms with Crippen LogP contribution in [0.4, 0.5) is 0 Å². The summed E-state index contributed by atoms with van der Waals surface area (Å²) in [5, 5.41) is 4.47. The Morgan fingerprint density at radius 2 is 1.56 bits per heavy atom. The molecule has 0 saturated heterocycles. The summed E-state index contributed by atoms with van der Waals surface area (Å²) in [6, 6.07) is 10.5. The van der Waals surface area contributed by atoms with E-state index in [2.05, 4.69) is 22.0 Å². The van der Waals surface area contributed by atoms with Gasteiger partial charge in [-0.3, -0.25) is 9.59 Å². The summed E-state index contributed by atoms with van der Waals surface area (Å²) >= 11 is 0. The molecule has 1 aliphatic heterocycles. The Morgan fingerprint density at radius 3 is 2.25 bits per heavy atom. The van der Waals surface area contributed by atoms with Gasteiger partial charge in [0.1, 0.15) is 11.2 Å². The number of carbonyl (C=O) groups is 2. The maximum Gasteiger partial charge on any atom is 0.271 e. The SMILES string of the molecule is C[C@@]1(C(=O)NC2CCCCCC2)Cn2c(cc3ccccc32)C(=O)N1C1CCCCCC1. The van der Waals surface area contributed by atoms with Crippen LogP contribution in [-0.2, 0) is 11.3 Å². The van der Waals surface area contributed by atoms with Crippen molar-refractivity contribution in [2.24, 2.45) is 0 Å². The summed E-state index contributed by atoms with van der Waals surface area (Å²) in [7, 11) is 0. The molecule has 172 valence electrons. The number of amides is 2. The number of para-hydroxylation sites is 1. The Labute approximate surface area is 191 Å². The number of nitrogens with one attached hydrogen (secondary N) is 1. The van der Waals surface area contributed by atoms with Crippen LogP contribution in [0.3, 0.4) is 0 Å². The van der Waals surface area contributed by atoms with Crippen LogP contribution in [0, 0.1) is 0 Å². The second-order valence-electron chi connectivity index (χ2n) is 10.4. The first kappa shape index (κ1) is 21.5. The summed E-state index contributed by atoms with van der Waals surface area (Å²) in [5.41, 5.74) is 0.910. The predicted molar refractivity (Wildman–Crippen MR) is 128 cm³/mol. The monoisotopic (exact) mass is 435 g/mol. The van der Waals surface area contributed by atoms with Crippen LogP contribution in [0.15, 0.2) is 30.3 Å². The lowest BCUT2D eigenvalue weighted by atomic mass is 9.89. The molecule has 1 aromatic carbocycles. The van der Waals surface area contributed by atoms with Crippen molar-refractivity contribution in [3.63, 3.8) is 0 Å². The molecular formula is C27H37N3O2. The van der Waals surface area contributed by atoms with Gasteiger partial charge >= 0.3 is 0 Å². The van der Waals surface area contributed by atoms with E-state index < -0.39 is 5.54 Å². The normalized spacial score (nSPS) is 25.9. The molecule has 1 N–H and O–H groups in total. The lowest BCUT2D eigenvalue weighted by Crippen LogP contribution is -2.67. The number of hydrogen-bond acceptors (Lipinski definition) is 2. The maximum absolute atomic E-state index is 14.0. The zero-order valence-electron chi connectivity index (χ0n) is 19.4. The molecule has 2 heterocycles. The highest BCUT2D eigenvalue weighted by molar-refractivity contribution is 6.03. The summed E-state index contributed by atoms with van der Waals surface area (Å²) in [6.07, 6.45) is 13.7. The van der Waals surface area contributed by atoms with Gasteiger partial charge in [-0.15, -0.1) is 0 Å². The molecule has 1 aromatic heterocycles. The second kappa shape index (κ2) is 8.92. The number of fused-ring (bicyclic) bond motifs is 3. The van der Waals surface area contributed by atoms with E-state index in [1.165, 1.54) is 38.5 Å².